The number of carbonyl (C=O) groups excluding carboxylic acids is 1. The summed E-state index contributed by atoms with van der Waals surface area (Å²) in [4.78, 5) is 23.1. The number of carboxylic acid groups (broad SMARTS) is 1. The molecule has 1 saturated heterocycles. The molecule has 5 nitrogen and oxygen atoms in total. The number of likely N-dealkylation sites (tertiary alicyclic amines) is 1. The summed E-state index contributed by atoms with van der Waals surface area (Å²) in [7, 11) is 0. The third kappa shape index (κ3) is 3.47. The molecule has 1 amide bonds. The number of ether oxygens (including phenoxy) is 1. The predicted molar refractivity (Wildman–Crippen MR) is 78.8 cm³/mol. The van der Waals surface area contributed by atoms with Crippen molar-refractivity contribution in [2.75, 3.05) is 13.1 Å². The molecule has 1 aromatic rings. The van der Waals surface area contributed by atoms with Crippen molar-refractivity contribution < 1.29 is 19.4 Å². The first-order valence-corrected chi connectivity index (χ1v) is 7.05. The molecule has 0 radical (unpaired) electrons. The van der Waals surface area contributed by atoms with Crippen molar-refractivity contribution in [3.8, 4) is 5.75 Å². The van der Waals surface area contributed by atoms with Gasteiger partial charge in [0.2, 0.25) is 0 Å². The van der Waals surface area contributed by atoms with Gasteiger partial charge >= 0.3 is 11.9 Å². The normalized spacial score (nSPS) is 15.5. The molecule has 0 saturated carbocycles. The number of hydrogen-bond acceptors (Lipinski definition) is 3. The summed E-state index contributed by atoms with van der Waals surface area (Å²) in [5.74, 6) is -1.60. The number of halogens is 1. The van der Waals surface area contributed by atoms with Crippen molar-refractivity contribution in [1.82, 2.24) is 4.90 Å². The summed E-state index contributed by atoms with van der Waals surface area (Å²) < 4.78 is 5.88. The maximum absolute atomic E-state index is 11.2. The van der Waals surface area contributed by atoms with Gasteiger partial charge in [-0.3, -0.25) is 4.79 Å². The van der Waals surface area contributed by atoms with Crippen molar-refractivity contribution in [3.63, 3.8) is 0 Å². The zero-order valence-corrected chi connectivity index (χ0v) is 13.0. The first kappa shape index (κ1) is 15.6. The van der Waals surface area contributed by atoms with Gasteiger partial charge < -0.3 is 14.7 Å². The molecular weight excluding hydrogens is 294 g/mol. The minimum atomic E-state index is -1.43. The second-order valence-corrected chi connectivity index (χ2v) is 6.58. The van der Waals surface area contributed by atoms with Crippen LogP contribution < -0.4 is 4.74 Å². The lowest BCUT2D eigenvalue weighted by Crippen LogP contribution is -2.57. The molecule has 1 aliphatic heterocycles. The summed E-state index contributed by atoms with van der Waals surface area (Å²) in [6.45, 7) is 6.76. The van der Waals surface area contributed by atoms with E-state index in [1.807, 2.05) is 12.1 Å². The highest BCUT2D eigenvalue weighted by molar-refractivity contribution is 6.31. The average Bonchev–Trinajstić information content (AvgIpc) is 2.32. The van der Waals surface area contributed by atoms with Gasteiger partial charge in [-0.05, 0) is 23.6 Å². The van der Waals surface area contributed by atoms with Crippen molar-refractivity contribution in [3.05, 3.63) is 28.8 Å². The number of benzene rings is 1. The van der Waals surface area contributed by atoms with Crippen LogP contribution in [0.5, 0.6) is 5.75 Å². The summed E-state index contributed by atoms with van der Waals surface area (Å²) in [5.41, 5.74) is 0.860. The molecule has 0 atom stereocenters. The van der Waals surface area contributed by atoms with Crippen molar-refractivity contribution in [1.29, 1.82) is 0 Å². The fraction of sp³-hybridized carbons (Fsp3) is 0.467. The third-order valence-corrected chi connectivity index (χ3v) is 3.60. The molecule has 0 aromatic heterocycles. The Morgan fingerprint density at radius 1 is 1.33 bits per heavy atom. The Labute approximate surface area is 128 Å². The monoisotopic (exact) mass is 311 g/mol. The summed E-state index contributed by atoms with van der Waals surface area (Å²) in [6.07, 6.45) is -0.185. The van der Waals surface area contributed by atoms with E-state index in [-0.39, 0.29) is 24.6 Å². The van der Waals surface area contributed by atoms with Crippen LogP contribution in [0, 0.1) is 0 Å². The Kier molecular flexibility index (Phi) is 4.14. The van der Waals surface area contributed by atoms with Crippen LogP contribution >= 0.6 is 11.6 Å². The standard InChI is InChI=1S/C15H18ClNO4/c1-15(2,3)11-6-9(16)4-5-12(11)21-10-7-17(8-10)13(18)14(19)20/h4-6,10H,7-8H2,1-3H3,(H,19,20). The summed E-state index contributed by atoms with van der Waals surface area (Å²) in [6, 6.07) is 5.44. The zero-order valence-electron chi connectivity index (χ0n) is 12.2. The minimum absolute atomic E-state index is 0.124. The molecule has 1 N–H and O–H groups in total. The smallest absolute Gasteiger partial charge is 0.394 e. The lowest BCUT2D eigenvalue weighted by Gasteiger charge is -2.38. The zero-order chi connectivity index (χ0) is 15.8. The van der Waals surface area contributed by atoms with E-state index in [1.165, 1.54) is 4.90 Å². The number of carbonyl (C=O) groups is 2. The van der Waals surface area contributed by atoms with Crippen molar-refractivity contribution >= 4 is 23.5 Å². The first-order chi connectivity index (χ1) is 9.68. The van der Waals surface area contributed by atoms with Crippen LogP contribution in [-0.2, 0) is 15.0 Å². The van der Waals surface area contributed by atoms with Crippen LogP contribution in [0.4, 0.5) is 0 Å². The van der Waals surface area contributed by atoms with E-state index < -0.39 is 11.9 Å². The maximum atomic E-state index is 11.2. The molecule has 1 aromatic carbocycles. The minimum Gasteiger partial charge on any atom is -0.486 e. The highest BCUT2D eigenvalue weighted by Crippen LogP contribution is 2.34. The number of carboxylic acids is 1. The number of rotatable bonds is 2. The quantitative estimate of drug-likeness (QED) is 0.851. The van der Waals surface area contributed by atoms with E-state index in [0.29, 0.717) is 5.02 Å². The Morgan fingerprint density at radius 3 is 2.48 bits per heavy atom. The van der Waals surface area contributed by atoms with Gasteiger partial charge in [-0.15, -0.1) is 0 Å². The molecule has 1 heterocycles. The molecule has 1 fully saturated rings. The van der Waals surface area contributed by atoms with Crippen LogP contribution in [0.15, 0.2) is 18.2 Å². The molecular formula is C15H18ClNO4. The van der Waals surface area contributed by atoms with Gasteiger partial charge in [-0.25, -0.2) is 4.79 Å². The van der Waals surface area contributed by atoms with E-state index >= 15 is 0 Å². The van der Waals surface area contributed by atoms with E-state index in [9.17, 15) is 9.59 Å². The molecule has 0 spiro atoms. The molecule has 114 valence electrons. The largest absolute Gasteiger partial charge is 0.486 e. The van der Waals surface area contributed by atoms with Gasteiger partial charge in [-0.2, -0.15) is 0 Å². The molecule has 1 aliphatic rings. The van der Waals surface area contributed by atoms with Gasteiger partial charge in [0.05, 0.1) is 13.1 Å². The van der Waals surface area contributed by atoms with E-state index in [2.05, 4.69) is 20.8 Å². The van der Waals surface area contributed by atoms with Crippen molar-refractivity contribution in [2.45, 2.75) is 32.3 Å². The van der Waals surface area contributed by atoms with Crippen LogP contribution in [-0.4, -0.2) is 41.1 Å². The number of aliphatic carboxylic acids is 1. The van der Waals surface area contributed by atoms with Crippen LogP contribution in [0.1, 0.15) is 26.3 Å². The number of hydrogen-bond donors (Lipinski definition) is 1. The van der Waals surface area contributed by atoms with E-state index in [4.69, 9.17) is 21.4 Å². The Hall–Kier alpha value is -1.75. The predicted octanol–water partition coefficient (Wildman–Crippen LogP) is 2.31. The molecule has 21 heavy (non-hydrogen) atoms. The molecule has 0 aliphatic carbocycles. The third-order valence-electron chi connectivity index (χ3n) is 3.36. The highest BCUT2D eigenvalue weighted by Gasteiger charge is 2.36. The first-order valence-electron chi connectivity index (χ1n) is 6.67. The summed E-state index contributed by atoms with van der Waals surface area (Å²) in [5, 5.41) is 9.27. The second kappa shape index (κ2) is 5.56. The lowest BCUT2D eigenvalue weighted by molar-refractivity contribution is -0.160. The lowest BCUT2D eigenvalue weighted by atomic mass is 9.86. The van der Waals surface area contributed by atoms with Crippen LogP contribution in [0.2, 0.25) is 5.02 Å². The van der Waals surface area contributed by atoms with Gasteiger partial charge in [0.15, 0.2) is 0 Å². The van der Waals surface area contributed by atoms with Gasteiger partial charge in [0.1, 0.15) is 11.9 Å². The molecule has 6 heteroatoms. The van der Waals surface area contributed by atoms with Gasteiger partial charge in [0, 0.05) is 10.6 Å². The Bertz CT molecular complexity index is 574. The van der Waals surface area contributed by atoms with E-state index in [1.54, 1.807) is 6.07 Å². The Morgan fingerprint density at radius 2 is 1.95 bits per heavy atom. The Balaban J connectivity index is 2.06. The molecule has 0 unspecified atom stereocenters. The fourth-order valence-corrected chi connectivity index (χ4v) is 2.36. The van der Waals surface area contributed by atoms with Crippen molar-refractivity contribution in [2.24, 2.45) is 0 Å². The summed E-state index contributed by atoms with van der Waals surface area (Å²) >= 11 is 6.03. The number of amides is 1. The molecule has 0 bridgehead atoms. The second-order valence-electron chi connectivity index (χ2n) is 6.15. The molecule has 2 rings (SSSR count). The van der Waals surface area contributed by atoms with E-state index in [0.717, 1.165) is 11.3 Å². The van der Waals surface area contributed by atoms with Crippen LogP contribution in [0.25, 0.3) is 0 Å². The van der Waals surface area contributed by atoms with Crippen LogP contribution in [0.3, 0.4) is 0 Å². The SMILES string of the molecule is CC(C)(C)c1cc(Cl)ccc1OC1CN(C(=O)C(=O)O)C1. The highest BCUT2D eigenvalue weighted by atomic mass is 35.5. The fourth-order valence-electron chi connectivity index (χ4n) is 2.18. The maximum Gasteiger partial charge on any atom is 0.394 e. The number of nitrogens with zero attached hydrogens (tertiary/aromatic N) is 1. The topological polar surface area (TPSA) is 66.8 Å². The van der Waals surface area contributed by atoms with Gasteiger partial charge in [0.25, 0.3) is 0 Å². The van der Waals surface area contributed by atoms with Gasteiger partial charge in [-0.1, -0.05) is 32.4 Å². The average molecular weight is 312 g/mol.